The molecule has 29 heavy (non-hydrogen) atoms. The number of aromatic hydroxyl groups is 2. The number of aryl methyl sites for hydroxylation is 2. The summed E-state index contributed by atoms with van der Waals surface area (Å²) in [6.07, 6.45) is 4.67. The Balaban J connectivity index is 1.68. The molecule has 0 bridgehead atoms. The number of amides is 2. The van der Waals surface area contributed by atoms with E-state index < -0.39 is 0 Å². The van der Waals surface area contributed by atoms with Crippen LogP contribution in [0.2, 0.25) is 0 Å². The van der Waals surface area contributed by atoms with Crippen molar-refractivity contribution < 1.29 is 24.3 Å². The molecule has 0 spiro atoms. The zero-order chi connectivity index (χ0) is 21.0. The van der Waals surface area contributed by atoms with Crippen molar-refractivity contribution >= 4 is 29.5 Å². The Morgan fingerprint density at radius 1 is 0.897 bits per heavy atom. The number of quaternary nitrogens is 1. The first-order chi connectivity index (χ1) is 13.8. The molecule has 1 aliphatic heterocycles. The molecule has 1 aliphatic rings. The second kappa shape index (κ2) is 8.15. The molecule has 150 valence electrons. The van der Waals surface area contributed by atoms with Gasteiger partial charge in [-0.05, 0) is 49.2 Å². The minimum Gasteiger partial charge on any atom is -0.506 e. The average Bonchev–Trinajstić information content (AvgIpc) is 3.07. The molecular formula is C21H23N4O4+. The van der Waals surface area contributed by atoms with E-state index in [0.29, 0.717) is 11.4 Å². The van der Waals surface area contributed by atoms with Gasteiger partial charge in [0.2, 0.25) is 0 Å². The number of carbonyl (C=O) groups excluding carboxylic acids is 2. The topological polar surface area (TPSA) is 111 Å². The van der Waals surface area contributed by atoms with Gasteiger partial charge in [0.05, 0.1) is 17.6 Å². The first-order valence-corrected chi connectivity index (χ1v) is 9.04. The summed E-state index contributed by atoms with van der Waals surface area (Å²) in [7, 11) is 0. The Hall–Kier alpha value is -3.65. The minimum atomic E-state index is -0.381. The summed E-state index contributed by atoms with van der Waals surface area (Å²) in [5.41, 5.74) is 2.34. The summed E-state index contributed by atoms with van der Waals surface area (Å²) in [6, 6.07) is 9.90. The number of phenols is 2. The van der Waals surface area contributed by atoms with E-state index in [4.69, 9.17) is 0 Å². The molecule has 2 aromatic rings. The summed E-state index contributed by atoms with van der Waals surface area (Å²) in [6.45, 7) is 3.50. The van der Waals surface area contributed by atoms with Crippen LogP contribution in [-0.4, -0.2) is 45.9 Å². The van der Waals surface area contributed by atoms with Crippen LogP contribution >= 0.6 is 0 Å². The molecule has 0 saturated carbocycles. The number of nitrogens with one attached hydrogen (secondary N) is 2. The molecular weight excluding hydrogens is 372 g/mol. The summed E-state index contributed by atoms with van der Waals surface area (Å²) in [4.78, 5) is 29.1. The van der Waals surface area contributed by atoms with Crippen molar-refractivity contribution in [2.45, 2.75) is 13.8 Å². The summed E-state index contributed by atoms with van der Waals surface area (Å²) >= 11 is 0. The Kier molecular flexibility index (Phi) is 5.65. The number of benzene rings is 2. The van der Waals surface area contributed by atoms with Gasteiger partial charge in [-0.1, -0.05) is 12.1 Å². The number of carbonyl (C=O) groups is 2. The Labute approximate surface area is 168 Å². The molecule has 0 aromatic heterocycles. The molecule has 0 aliphatic carbocycles. The second-order valence-electron chi connectivity index (χ2n) is 7.12. The van der Waals surface area contributed by atoms with E-state index in [1.807, 2.05) is 13.8 Å². The van der Waals surface area contributed by atoms with Crippen LogP contribution in [0.3, 0.4) is 0 Å². The molecule has 0 atom stereocenters. The van der Waals surface area contributed by atoms with Gasteiger partial charge in [0.25, 0.3) is 11.8 Å². The SMILES string of the molecule is Cc1ccc(NC(=O)C[N+]2(CC(=O)Nc3ccc(C)cc3O)C=CN=C2)c(O)c1. The lowest BCUT2D eigenvalue weighted by atomic mass is 10.2. The van der Waals surface area contributed by atoms with Crippen LogP contribution < -0.4 is 10.6 Å². The van der Waals surface area contributed by atoms with Gasteiger partial charge < -0.3 is 20.8 Å². The fraction of sp³-hybridized carbons (Fsp3) is 0.190. The smallest absolute Gasteiger partial charge is 0.280 e. The van der Waals surface area contributed by atoms with Crippen molar-refractivity contribution in [1.29, 1.82) is 0 Å². The predicted octanol–water partition coefficient (Wildman–Crippen LogP) is 2.62. The van der Waals surface area contributed by atoms with Gasteiger partial charge in [0.15, 0.2) is 19.4 Å². The zero-order valence-electron chi connectivity index (χ0n) is 16.2. The minimum absolute atomic E-state index is 0.0249. The van der Waals surface area contributed by atoms with Crippen LogP contribution in [0.4, 0.5) is 11.4 Å². The molecule has 8 nitrogen and oxygen atoms in total. The molecule has 3 rings (SSSR count). The van der Waals surface area contributed by atoms with Crippen LogP contribution in [-0.2, 0) is 9.59 Å². The summed E-state index contributed by atoms with van der Waals surface area (Å²) < 4.78 is -0.114. The highest BCUT2D eigenvalue weighted by Crippen LogP contribution is 2.25. The summed E-state index contributed by atoms with van der Waals surface area (Å²) in [5, 5.41) is 25.3. The molecule has 0 fully saturated rings. The van der Waals surface area contributed by atoms with Crippen molar-refractivity contribution in [3.05, 3.63) is 59.9 Å². The van der Waals surface area contributed by atoms with Gasteiger partial charge in [0.1, 0.15) is 17.7 Å². The van der Waals surface area contributed by atoms with E-state index in [1.165, 1.54) is 12.5 Å². The number of anilines is 2. The van der Waals surface area contributed by atoms with E-state index in [1.54, 1.807) is 42.6 Å². The highest BCUT2D eigenvalue weighted by Gasteiger charge is 2.33. The number of hydrogen-bond acceptors (Lipinski definition) is 5. The third kappa shape index (κ3) is 4.99. The van der Waals surface area contributed by atoms with Crippen molar-refractivity contribution in [1.82, 2.24) is 0 Å². The maximum Gasteiger partial charge on any atom is 0.280 e. The first kappa shape index (κ1) is 20.1. The maximum atomic E-state index is 12.5. The largest absolute Gasteiger partial charge is 0.506 e. The molecule has 1 heterocycles. The van der Waals surface area contributed by atoms with Crippen molar-refractivity contribution in [3.63, 3.8) is 0 Å². The Morgan fingerprint density at radius 3 is 1.76 bits per heavy atom. The summed E-state index contributed by atoms with van der Waals surface area (Å²) in [5.74, 6) is -0.812. The highest BCUT2D eigenvalue weighted by atomic mass is 16.3. The molecule has 4 N–H and O–H groups in total. The fourth-order valence-corrected chi connectivity index (χ4v) is 3.03. The quantitative estimate of drug-likeness (QED) is 0.445. The molecule has 2 aromatic carbocycles. The number of nitrogens with zero attached hydrogens (tertiary/aromatic N) is 2. The first-order valence-electron chi connectivity index (χ1n) is 9.04. The van der Waals surface area contributed by atoms with E-state index >= 15 is 0 Å². The van der Waals surface area contributed by atoms with Crippen molar-refractivity contribution in [2.75, 3.05) is 23.7 Å². The van der Waals surface area contributed by atoms with E-state index in [2.05, 4.69) is 15.6 Å². The number of phenolic OH excluding ortho intramolecular Hbond substituents is 2. The van der Waals surface area contributed by atoms with Gasteiger partial charge >= 0.3 is 0 Å². The van der Waals surface area contributed by atoms with Crippen LogP contribution in [0.5, 0.6) is 11.5 Å². The second-order valence-corrected chi connectivity index (χ2v) is 7.12. The Morgan fingerprint density at radius 2 is 1.38 bits per heavy atom. The normalized spacial score (nSPS) is 14.0. The van der Waals surface area contributed by atoms with Gasteiger partial charge in [0, 0.05) is 0 Å². The monoisotopic (exact) mass is 395 g/mol. The van der Waals surface area contributed by atoms with Gasteiger partial charge in [-0.15, -0.1) is 0 Å². The van der Waals surface area contributed by atoms with Gasteiger partial charge in [-0.2, -0.15) is 0 Å². The highest BCUT2D eigenvalue weighted by molar-refractivity contribution is 5.96. The zero-order valence-corrected chi connectivity index (χ0v) is 16.2. The van der Waals surface area contributed by atoms with E-state index in [9.17, 15) is 19.8 Å². The molecule has 8 heteroatoms. The standard InChI is InChI=1S/C21H22N4O4/c1-14-3-5-16(18(26)9-14)23-20(28)11-25(8-7-22-13-25)12-21(29)24-17-6-4-15(2)10-19(17)27/h3-10,13H,11-12H2,1-2H3,(H3-,23,24,26,27,28,29)/p+1. The number of aliphatic imine (C=N–C) groups is 1. The third-order valence-corrected chi connectivity index (χ3v) is 4.48. The number of rotatable bonds is 6. The van der Waals surface area contributed by atoms with Gasteiger partial charge in [-0.3, -0.25) is 9.59 Å². The lowest BCUT2D eigenvalue weighted by molar-refractivity contribution is -0.760. The van der Waals surface area contributed by atoms with Crippen LogP contribution in [0.1, 0.15) is 11.1 Å². The van der Waals surface area contributed by atoms with E-state index in [0.717, 1.165) is 11.1 Å². The maximum absolute atomic E-state index is 12.5. The molecule has 0 radical (unpaired) electrons. The number of hydrogen-bond donors (Lipinski definition) is 4. The van der Waals surface area contributed by atoms with Crippen molar-refractivity contribution in [2.24, 2.45) is 4.99 Å². The van der Waals surface area contributed by atoms with Crippen LogP contribution in [0.15, 0.2) is 53.8 Å². The van der Waals surface area contributed by atoms with Crippen LogP contribution in [0.25, 0.3) is 0 Å². The van der Waals surface area contributed by atoms with E-state index in [-0.39, 0.29) is 40.9 Å². The average molecular weight is 395 g/mol. The lowest BCUT2D eigenvalue weighted by Crippen LogP contribution is -2.50. The fourth-order valence-electron chi connectivity index (χ4n) is 3.03. The molecule has 0 unspecified atom stereocenters. The predicted molar refractivity (Wildman–Crippen MR) is 111 cm³/mol. The molecule has 2 amide bonds. The Bertz CT molecular complexity index is 932. The van der Waals surface area contributed by atoms with Gasteiger partial charge in [-0.25, -0.2) is 9.48 Å². The van der Waals surface area contributed by atoms with Crippen LogP contribution in [0, 0.1) is 13.8 Å². The third-order valence-electron chi connectivity index (χ3n) is 4.48. The molecule has 0 saturated heterocycles. The van der Waals surface area contributed by atoms with Crippen molar-refractivity contribution in [3.8, 4) is 11.5 Å². The lowest BCUT2D eigenvalue weighted by Gasteiger charge is -2.26.